The average Bonchev–Trinajstić information content (AvgIpc) is 2.93. The lowest BCUT2D eigenvalue weighted by Gasteiger charge is -2.22. The summed E-state index contributed by atoms with van der Waals surface area (Å²) >= 11 is 0. The Labute approximate surface area is 110 Å². The van der Waals surface area contributed by atoms with Crippen LogP contribution in [0, 0.1) is 5.92 Å². The van der Waals surface area contributed by atoms with Crippen LogP contribution in [0.2, 0.25) is 0 Å². The molecule has 0 saturated heterocycles. The summed E-state index contributed by atoms with van der Waals surface area (Å²) in [6, 6.07) is 0.615. The van der Waals surface area contributed by atoms with Gasteiger partial charge in [0.2, 0.25) is 0 Å². The van der Waals surface area contributed by atoms with Gasteiger partial charge in [-0.05, 0) is 32.2 Å². The maximum atomic E-state index is 5.50. The molecule has 1 aromatic rings. The molecule has 3 atom stereocenters. The smallest absolute Gasteiger partial charge is 0.160 e. The molecule has 1 saturated carbocycles. The van der Waals surface area contributed by atoms with Crippen LogP contribution in [0.3, 0.4) is 0 Å². The molecular formula is C14H25N3O. The summed E-state index contributed by atoms with van der Waals surface area (Å²) in [5.41, 5.74) is 1.30. The molecule has 4 nitrogen and oxygen atoms in total. The zero-order valence-electron chi connectivity index (χ0n) is 11.9. The molecule has 1 aliphatic carbocycles. The first-order valence-electron chi connectivity index (χ1n) is 6.99. The lowest BCUT2D eigenvalue weighted by molar-refractivity contribution is 0.375. The van der Waals surface area contributed by atoms with Crippen molar-refractivity contribution < 1.29 is 4.74 Å². The highest BCUT2D eigenvalue weighted by Gasteiger charge is 2.36. The molecule has 0 spiro atoms. The quantitative estimate of drug-likeness (QED) is 0.873. The van der Waals surface area contributed by atoms with Gasteiger partial charge < -0.3 is 10.1 Å². The summed E-state index contributed by atoms with van der Waals surface area (Å²) in [4.78, 5) is 0. The van der Waals surface area contributed by atoms with Crippen molar-refractivity contribution in [3.63, 3.8) is 0 Å². The van der Waals surface area contributed by atoms with Gasteiger partial charge in [0.05, 0.1) is 19.0 Å². The van der Waals surface area contributed by atoms with Gasteiger partial charge in [-0.2, -0.15) is 5.10 Å². The van der Waals surface area contributed by atoms with Gasteiger partial charge in [-0.25, -0.2) is 0 Å². The Morgan fingerprint density at radius 2 is 2.28 bits per heavy atom. The second kappa shape index (κ2) is 5.74. The minimum Gasteiger partial charge on any atom is -0.493 e. The van der Waals surface area contributed by atoms with E-state index in [1.165, 1.54) is 18.5 Å². The van der Waals surface area contributed by atoms with Crippen molar-refractivity contribution in [2.24, 2.45) is 5.92 Å². The average molecular weight is 251 g/mol. The third-order valence-electron chi connectivity index (χ3n) is 4.28. The third-order valence-corrected chi connectivity index (χ3v) is 4.28. The molecule has 1 fully saturated rings. The molecule has 0 bridgehead atoms. The number of nitrogens with zero attached hydrogens (tertiary/aromatic N) is 2. The van der Waals surface area contributed by atoms with Crippen molar-refractivity contribution in [1.29, 1.82) is 0 Å². The van der Waals surface area contributed by atoms with E-state index >= 15 is 0 Å². The van der Waals surface area contributed by atoms with E-state index in [0.29, 0.717) is 17.9 Å². The van der Waals surface area contributed by atoms with E-state index in [1.54, 1.807) is 7.11 Å². The Morgan fingerprint density at radius 1 is 1.50 bits per heavy atom. The first kappa shape index (κ1) is 13.4. The molecule has 1 aliphatic rings. The highest BCUT2D eigenvalue weighted by atomic mass is 16.5. The Bertz CT molecular complexity index is 388. The summed E-state index contributed by atoms with van der Waals surface area (Å²) in [6.07, 6.45) is 5.43. The van der Waals surface area contributed by atoms with Crippen LogP contribution in [-0.2, 0) is 6.54 Å². The van der Waals surface area contributed by atoms with Crippen LogP contribution in [0.15, 0.2) is 6.20 Å². The highest BCUT2D eigenvalue weighted by Crippen LogP contribution is 2.42. The number of nitrogens with one attached hydrogen (secondary N) is 1. The molecule has 102 valence electrons. The van der Waals surface area contributed by atoms with E-state index in [4.69, 9.17) is 4.74 Å². The molecule has 18 heavy (non-hydrogen) atoms. The first-order chi connectivity index (χ1) is 8.72. The largest absolute Gasteiger partial charge is 0.493 e. The van der Waals surface area contributed by atoms with Gasteiger partial charge >= 0.3 is 0 Å². The SMILES string of the molecule is CCCn1ncc(OC)c1C1CCC(NC)C1C. The molecule has 1 N–H and O–H groups in total. The second-order valence-corrected chi connectivity index (χ2v) is 5.26. The lowest BCUT2D eigenvalue weighted by Crippen LogP contribution is -2.29. The van der Waals surface area contributed by atoms with E-state index in [-0.39, 0.29) is 0 Å². The van der Waals surface area contributed by atoms with Crippen LogP contribution in [0.1, 0.15) is 44.7 Å². The maximum Gasteiger partial charge on any atom is 0.160 e. The zero-order chi connectivity index (χ0) is 13.1. The van der Waals surface area contributed by atoms with Crippen molar-refractivity contribution in [2.75, 3.05) is 14.2 Å². The maximum absolute atomic E-state index is 5.50. The minimum absolute atomic E-state index is 0.562. The Balaban J connectivity index is 2.28. The highest BCUT2D eigenvalue weighted by molar-refractivity contribution is 5.30. The number of hydrogen-bond acceptors (Lipinski definition) is 3. The molecule has 4 heteroatoms. The predicted molar refractivity (Wildman–Crippen MR) is 73.1 cm³/mol. The fourth-order valence-electron chi connectivity index (χ4n) is 3.26. The molecule has 2 rings (SSSR count). The number of methoxy groups -OCH3 is 1. The van der Waals surface area contributed by atoms with Crippen molar-refractivity contribution in [3.05, 3.63) is 11.9 Å². The van der Waals surface area contributed by atoms with Crippen LogP contribution in [0.5, 0.6) is 5.75 Å². The van der Waals surface area contributed by atoms with Gasteiger partial charge in [0.15, 0.2) is 5.75 Å². The van der Waals surface area contributed by atoms with Crippen LogP contribution in [-0.4, -0.2) is 30.0 Å². The van der Waals surface area contributed by atoms with Crippen molar-refractivity contribution in [3.8, 4) is 5.75 Å². The molecule has 0 amide bonds. The van der Waals surface area contributed by atoms with Crippen molar-refractivity contribution in [1.82, 2.24) is 15.1 Å². The van der Waals surface area contributed by atoms with Crippen molar-refractivity contribution in [2.45, 2.75) is 51.6 Å². The Morgan fingerprint density at radius 3 is 2.83 bits per heavy atom. The standard InChI is InChI=1S/C14H25N3O/c1-5-8-17-14(13(18-4)9-16-17)11-6-7-12(15-3)10(11)2/h9-12,15H,5-8H2,1-4H3. The lowest BCUT2D eigenvalue weighted by atomic mass is 9.92. The molecular weight excluding hydrogens is 226 g/mol. The van der Waals surface area contributed by atoms with Gasteiger partial charge in [-0.3, -0.25) is 4.68 Å². The van der Waals surface area contributed by atoms with Gasteiger partial charge in [0, 0.05) is 18.5 Å². The third kappa shape index (κ3) is 2.26. The first-order valence-corrected chi connectivity index (χ1v) is 6.99. The summed E-state index contributed by atoms with van der Waals surface area (Å²) in [5.74, 6) is 2.15. The number of aromatic nitrogens is 2. The molecule has 1 aromatic heterocycles. The van der Waals surface area contributed by atoms with Crippen LogP contribution in [0.25, 0.3) is 0 Å². The fourth-order valence-corrected chi connectivity index (χ4v) is 3.26. The molecule has 0 radical (unpaired) electrons. The zero-order valence-corrected chi connectivity index (χ0v) is 11.9. The summed E-state index contributed by atoms with van der Waals surface area (Å²) < 4.78 is 7.64. The van der Waals surface area contributed by atoms with Gasteiger partial charge in [0.25, 0.3) is 0 Å². The van der Waals surface area contributed by atoms with Crippen LogP contribution >= 0.6 is 0 Å². The fraction of sp³-hybridized carbons (Fsp3) is 0.786. The summed E-state index contributed by atoms with van der Waals surface area (Å²) in [5, 5.41) is 7.90. The van der Waals surface area contributed by atoms with E-state index in [0.717, 1.165) is 18.7 Å². The number of ether oxygens (including phenoxy) is 1. The Kier molecular flexibility index (Phi) is 4.27. The predicted octanol–water partition coefficient (Wildman–Crippen LogP) is 2.40. The van der Waals surface area contributed by atoms with E-state index in [9.17, 15) is 0 Å². The molecule has 0 aromatic carbocycles. The molecule has 3 unspecified atom stereocenters. The summed E-state index contributed by atoms with van der Waals surface area (Å²) in [6.45, 7) is 5.50. The monoisotopic (exact) mass is 251 g/mol. The van der Waals surface area contributed by atoms with Crippen LogP contribution < -0.4 is 10.1 Å². The Hall–Kier alpha value is -1.03. The van der Waals surface area contributed by atoms with E-state index in [1.807, 2.05) is 6.20 Å². The number of rotatable bonds is 5. The minimum atomic E-state index is 0.562. The molecule has 0 aliphatic heterocycles. The number of aryl methyl sites for hydroxylation is 1. The number of hydrogen-bond donors (Lipinski definition) is 1. The van der Waals surface area contributed by atoms with E-state index in [2.05, 4.69) is 36.0 Å². The van der Waals surface area contributed by atoms with E-state index < -0.39 is 0 Å². The molecule has 1 heterocycles. The second-order valence-electron chi connectivity index (χ2n) is 5.26. The van der Waals surface area contributed by atoms with Gasteiger partial charge in [-0.15, -0.1) is 0 Å². The topological polar surface area (TPSA) is 39.1 Å². The van der Waals surface area contributed by atoms with Gasteiger partial charge in [-0.1, -0.05) is 13.8 Å². The van der Waals surface area contributed by atoms with Crippen molar-refractivity contribution >= 4 is 0 Å². The normalized spacial score (nSPS) is 27.7. The van der Waals surface area contributed by atoms with Gasteiger partial charge in [0.1, 0.15) is 0 Å². The van der Waals surface area contributed by atoms with Crippen LogP contribution in [0.4, 0.5) is 0 Å². The summed E-state index contributed by atoms with van der Waals surface area (Å²) in [7, 11) is 3.80.